The van der Waals surface area contributed by atoms with Crippen molar-refractivity contribution in [2.45, 2.75) is 57.4 Å². The monoisotopic (exact) mass is 339 g/mol. The average molecular weight is 339 g/mol. The molecule has 1 fully saturated rings. The van der Waals surface area contributed by atoms with Gasteiger partial charge in [-0.15, -0.1) is 0 Å². The maximum Gasteiger partial charge on any atom is 0.389 e. The van der Waals surface area contributed by atoms with Crippen LogP contribution in [0.2, 0.25) is 0 Å². The highest BCUT2D eigenvalue weighted by atomic mass is 32.2. The van der Waals surface area contributed by atoms with Crippen LogP contribution in [0.15, 0.2) is 4.99 Å². The molecule has 22 heavy (non-hydrogen) atoms. The number of thioether (sulfide) groups is 1. The van der Waals surface area contributed by atoms with Crippen LogP contribution in [0.4, 0.5) is 13.2 Å². The average Bonchev–Trinajstić information content (AvgIpc) is 2.81. The maximum absolute atomic E-state index is 12.3. The molecule has 0 N–H and O–H groups in total. The number of hydrogen-bond donors (Lipinski definition) is 0. The SMILES string of the molecule is CC(=O)OC[C@H]1OC2SC(CCC(F)(F)F)=NC2[C@@H](C)[C@@H]1C. The third kappa shape index (κ3) is 4.38. The number of ether oxygens (including phenoxy) is 2. The lowest BCUT2D eigenvalue weighted by molar-refractivity contribution is -0.152. The first-order chi connectivity index (χ1) is 10.2. The van der Waals surface area contributed by atoms with Crippen LogP contribution >= 0.6 is 11.8 Å². The van der Waals surface area contributed by atoms with E-state index in [2.05, 4.69) is 4.99 Å². The van der Waals surface area contributed by atoms with Crippen molar-refractivity contribution >= 4 is 22.8 Å². The highest BCUT2D eigenvalue weighted by Gasteiger charge is 2.45. The molecule has 0 aromatic rings. The van der Waals surface area contributed by atoms with E-state index in [1.165, 1.54) is 18.7 Å². The fourth-order valence-corrected chi connectivity index (χ4v) is 3.96. The molecule has 2 heterocycles. The summed E-state index contributed by atoms with van der Waals surface area (Å²) in [5.74, 6) is -0.0890. The van der Waals surface area contributed by atoms with Gasteiger partial charge in [0.1, 0.15) is 12.0 Å². The Kier molecular flexibility index (Phi) is 5.42. The highest BCUT2D eigenvalue weighted by Crippen LogP contribution is 2.43. The van der Waals surface area contributed by atoms with E-state index in [0.717, 1.165) is 0 Å². The lowest BCUT2D eigenvalue weighted by Gasteiger charge is -2.40. The third-order valence-corrected chi connectivity index (χ3v) is 5.36. The largest absolute Gasteiger partial charge is 0.463 e. The Morgan fingerprint density at radius 1 is 1.36 bits per heavy atom. The van der Waals surface area contributed by atoms with E-state index >= 15 is 0 Å². The summed E-state index contributed by atoms with van der Waals surface area (Å²) >= 11 is 1.27. The van der Waals surface area contributed by atoms with Gasteiger partial charge in [-0.2, -0.15) is 13.2 Å². The Morgan fingerprint density at radius 2 is 2.05 bits per heavy atom. The molecular formula is C14H20F3NO3S. The molecule has 4 nitrogen and oxygen atoms in total. The maximum atomic E-state index is 12.3. The molecule has 0 aromatic carbocycles. The van der Waals surface area contributed by atoms with Gasteiger partial charge in [0.2, 0.25) is 0 Å². The summed E-state index contributed by atoms with van der Waals surface area (Å²) in [7, 11) is 0. The lowest BCUT2D eigenvalue weighted by atomic mass is 9.83. The van der Waals surface area contributed by atoms with Crippen LogP contribution in [-0.4, -0.2) is 41.4 Å². The Morgan fingerprint density at radius 3 is 2.64 bits per heavy atom. The number of rotatable bonds is 4. The molecule has 2 unspecified atom stereocenters. The van der Waals surface area contributed by atoms with E-state index in [4.69, 9.17) is 9.47 Å². The Bertz CT molecular complexity index is 455. The summed E-state index contributed by atoms with van der Waals surface area (Å²) in [4.78, 5) is 15.3. The molecule has 5 atom stereocenters. The van der Waals surface area contributed by atoms with E-state index in [0.29, 0.717) is 5.04 Å². The zero-order valence-electron chi connectivity index (χ0n) is 12.7. The van der Waals surface area contributed by atoms with E-state index < -0.39 is 12.6 Å². The fraction of sp³-hybridized carbons (Fsp3) is 0.857. The molecule has 0 bridgehead atoms. The first kappa shape index (κ1) is 17.6. The number of esters is 1. The minimum atomic E-state index is -4.17. The summed E-state index contributed by atoms with van der Waals surface area (Å²) in [5, 5.41) is 0.500. The van der Waals surface area contributed by atoms with Gasteiger partial charge in [-0.25, -0.2) is 0 Å². The molecule has 1 saturated heterocycles. The topological polar surface area (TPSA) is 47.9 Å². The lowest BCUT2D eigenvalue weighted by Crippen LogP contribution is -2.47. The normalized spacial score (nSPS) is 35.0. The van der Waals surface area contributed by atoms with E-state index in [1.807, 2.05) is 13.8 Å². The smallest absolute Gasteiger partial charge is 0.389 e. The van der Waals surface area contributed by atoms with Gasteiger partial charge in [0, 0.05) is 19.8 Å². The molecule has 0 amide bonds. The number of nitrogens with zero attached hydrogens (tertiary/aromatic N) is 1. The minimum Gasteiger partial charge on any atom is -0.463 e. The van der Waals surface area contributed by atoms with Gasteiger partial charge < -0.3 is 9.47 Å². The molecule has 0 radical (unpaired) electrons. The molecule has 126 valence electrons. The van der Waals surface area contributed by atoms with Gasteiger partial charge in [0.15, 0.2) is 0 Å². The summed E-state index contributed by atoms with van der Waals surface area (Å²) in [6, 6.07) is -0.128. The molecule has 2 aliphatic heterocycles. The number of fused-ring (bicyclic) bond motifs is 1. The van der Waals surface area contributed by atoms with Gasteiger partial charge in [0.05, 0.1) is 17.2 Å². The Labute approximate surface area is 131 Å². The predicted octanol–water partition coefficient (Wildman–Crippen LogP) is 3.40. The van der Waals surface area contributed by atoms with Crippen LogP contribution in [-0.2, 0) is 14.3 Å². The molecule has 0 spiro atoms. The van der Waals surface area contributed by atoms with Crippen molar-refractivity contribution in [3.8, 4) is 0 Å². The number of alkyl halides is 3. The van der Waals surface area contributed by atoms with Crippen molar-refractivity contribution in [2.75, 3.05) is 6.61 Å². The number of aliphatic imine (C=N–C) groups is 1. The molecular weight excluding hydrogens is 319 g/mol. The van der Waals surface area contributed by atoms with Crippen molar-refractivity contribution in [3.63, 3.8) is 0 Å². The van der Waals surface area contributed by atoms with Crippen LogP contribution in [0.5, 0.6) is 0 Å². The molecule has 8 heteroatoms. The second-order valence-electron chi connectivity index (χ2n) is 5.81. The standard InChI is InChI=1S/C14H20F3NO3S/c1-7-8(2)12-13(21-10(7)6-20-9(3)19)22-11(18-12)4-5-14(15,16)17/h7-8,10,12-13H,4-6H2,1-3H3/t7-,8-,10+,12?,13?/m0/s1. The van der Waals surface area contributed by atoms with Gasteiger partial charge >= 0.3 is 12.1 Å². The molecule has 2 aliphatic rings. The zero-order valence-corrected chi connectivity index (χ0v) is 13.5. The van der Waals surface area contributed by atoms with Crippen molar-refractivity contribution in [2.24, 2.45) is 16.8 Å². The van der Waals surface area contributed by atoms with Crippen LogP contribution in [0, 0.1) is 11.8 Å². The van der Waals surface area contributed by atoms with Crippen LogP contribution < -0.4 is 0 Å². The Balaban J connectivity index is 1.95. The number of carbonyl (C=O) groups excluding carboxylic acids is 1. The second kappa shape index (κ2) is 6.78. The first-order valence-corrected chi connectivity index (χ1v) is 8.14. The summed E-state index contributed by atoms with van der Waals surface area (Å²) in [5.41, 5.74) is -0.282. The molecule has 0 saturated carbocycles. The number of hydrogen-bond acceptors (Lipinski definition) is 5. The summed E-state index contributed by atoms with van der Waals surface area (Å²) < 4.78 is 47.8. The molecule has 2 rings (SSSR count). The fourth-order valence-electron chi connectivity index (χ4n) is 2.64. The van der Waals surface area contributed by atoms with Crippen molar-refractivity contribution < 1.29 is 27.4 Å². The number of halogens is 3. The van der Waals surface area contributed by atoms with Gasteiger partial charge in [0.25, 0.3) is 0 Å². The summed E-state index contributed by atoms with van der Waals surface area (Å²) in [6.45, 7) is 5.51. The quantitative estimate of drug-likeness (QED) is 0.737. The summed E-state index contributed by atoms with van der Waals surface area (Å²) in [6.07, 6.45) is -5.38. The Hall–Kier alpha value is -0.760. The first-order valence-electron chi connectivity index (χ1n) is 7.26. The van der Waals surface area contributed by atoms with Crippen molar-refractivity contribution in [1.29, 1.82) is 0 Å². The zero-order chi connectivity index (χ0) is 16.5. The van der Waals surface area contributed by atoms with E-state index in [9.17, 15) is 18.0 Å². The highest BCUT2D eigenvalue weighted by molar-refractivity contribution is 8.14. The van der Waals surface area contributed by atoms with Crippen LogP contribution in [0.3, 0.4) is 0 Å². The van der Waals surface area contributed by atoms with Gasteiger partial charge in [-0.3, -0.25) is 9.79 Å². The molecule has 0 aromatic heterocycles. The third-order valence-electron chi connectivity index (χ3n) is 4.16. The minimum absolute atomic E-state index is 0.0970. The van der Waals surface area contributed by atoms with Crippen molar-refractivity contribution in [3.05, 3.63) is 0 Å². The predicted molar refractivity (Wildman–Crippen MR) is 77.7 cm³/mol. The van der Waals surface area contributed by atoms with Crippen LogP contribution in [0.25, 0.3) is 0 Å². The van der Waals surface area contributed by atoms with Gasteiger partial charge in [-0.05, 0) is 11.8 Å². The van der Waals surface area contributed by atoms with E-state index in [1.54, 1.807) is 0 Å². The van der Waals surface area contributed by atoms with Gasteiger partial charge in [-0.1, -0.05) is 25.6 Å². The van der Waals surface area contributed by atoms with E-state index in [-0.39, 0.29) is 48.4 Å². The number of carbonyl (C=O) groups is 1. The van der Waals surface area contributed by atoms with Crippen LogP contribution in [0.1, 0.15) is 33.6 Å². The van der Waals surface area contributed by atoms with Crippen molar-refractivity contribution in [1.82, 2.24) is 0 Å². The second-order valence-corrected chi connectivity index (χ2v) is 6.98. The molecule has 0 aliphatic carbocycles.